The van der Waals surface area contributed by atoms with E-state index in [0.717, 1.165) is 6.42 Å². The summed E-state index contributed by atoms with van der Waals surface area (Å²) in [5.41, 5.74) is -0.534. The fraction of sp³-hybridized carbons (Fsp3) is 0.765. The van der Waals surface area contributed by atoms with Crippen molar-refractivity contribution in [3.8, 4) is 0 Å². The summed E-state index contributed by atoms with van der Waals surface area (Å²) in [7, 11) is -4.94. The van der Waals surface area contributed by atoms with Gasteiger partial charge in [0, 0.05) is 26.1 Å². The molecule has 2 rings (SSSR count). The number of likely N-dealkylation sites (tertiary alicyclic amines) is 1. The molecule has 2 saturated heterocycles. The number of hydrogen-bond acceptors (Lipinski definition) is 11. The molecule has 0 aromatic heterocycles. The first kappa shape index (κ1) is 42.1. The zero-order valence-corrected chi connectivity index (χ0v) is 24.7. The zero-order chi connectivity index (χ0) is 27.1. The molecule has 208 valence electrons. The second-order valence-electron chi connectivity index (χ2n) is 7.92. The Kier molecular flexibility index (Phi) is 24.5. The molecule has 16 nitrogen and oxygen atoms in total. The van der Waals surface area contributed by atoms with Crippen LogP contribution in [0.4, 0.5) is 4.79 Å². The molecule has 0 bridgehead atoms. The molecule has 36 heavy (non-hydrogen) atoms. The Labute approximate surface area is 238 Å². The molecule has 0 radical (unpaired) electrons. The van der Waals surface area contributed by atoms with Crippen LogP contribution in [-0.2, 0) is 43.3 Å². The van der Waals surface area contributed by atoms with Crippen LogP contribution in [0.25, 0.3) is 0 Å². The van der Waals surface area contributed by atoms with Gasteiger partial charge >= 0.3 is 71.8 Å². The number of aliphatic carboxylic acids is 2. The van der Waals surface area contributed by atoms with Gasteiger partial charge in [-0.15, -0.1) is 10.2 Å². The molecule has 2 heterocycles. The Morgan fingerprint density at radius 2 is 1.50 bits per heavy atom. The molecule has 2 unspecified atom stereocenters. The Morgan fingerprint density at radius 3 is 1.83 bits per heavy atom. The van der Waals surface area contributed by atoms with Crippen molar-refractivity contribution in [3.05, 3.63) is 0 Å². The third-order valence-corrected chi connectivity index (χ3v) is 4.04. The maximum absolute atomic E-state index is 11.7. The molecule has 0 spiro atoms. The monoisotopic (exact) mass is 646 g/mol. The molecule has 0 aromatic carbocycles. The molecular weight excluding hydrogens is 616 g/mol. The molecule has 2 amide bonds. The van der Waals surface area contributed by atoms with Gasteiger partial charge < -0.3 is 30.6 Å². The summed E-state index contributed by atoms with van der Waals surface area (Å²) in [6, 6.07) is 0. The molecule has 0 aromatic rings. The normalized spacial score (nSPS) is 18.9. The number of amides is 2. The molecule has 2 fully saturated rings. The van der Waals surface area contributed by atoms with Crippen LogP contribution in [-0.4, -0.2) is 69.8 Å². The van der Waals surface area contributed by atoms with Gasteiger partial charge in [0.15, 0.2) is 0 Å². The number of rotatable bonds is 2. The fourth-order valence-electron chi connectivity index (χ4n) is 2.61. The number of nitrogens with one attached hydrogen (secondary N) is 1. The second kappa shape index (κ2) is 21.0. The number of nitrogens with zero attached hydrogens (tertiary/aromatic N) is 1. The number of halogens is 1. The average Bonchev–Trinajstić information content (AvgIpc) is 2.67. The van der Waals surface area contributed by atoms with Crippen molar-refractivity contribution in [2.45, 2.75) is 52.1 Å². The van der Waals surface area contributed by atoms with E-state index in [-0.39, 0.29) is 59.9 Å². The van der Waals surface area contributed by atoms with E-state index >= 15 is 0 Å². The van der Waals surface area contributed by atoms with Crippen molar-refractivity contribution in [1.29, 1.82) is 0 Å². The van der Waals surface area contributed by atoms with Crippen molar-refractivity contribution in [3.63, 3.8) is 0 Å². The van der Waals surface area contributed by atoms with E-state index in [4.69, 9.17) is 40.7 Å². The SMILES string of the molecule is CC(C)(C)OC(=O)N1CCCC(C(=O)O)C1.O.O=C1CCC(C(=O)O)CN1.[Na+].[O-][Cl+3]([O-])([O-])[O-].[O]=[Ru]=[O]. The van der Waals surface area contributed by atoms with Gasteiger partial charge in [0.25, 0.3) is 0 Å². The van der Waals surface area contributed by atoms with Crippen molar-refractivity contribution in [1.82, 2.24) is 10.2 Å². The quantitative estimate of drug-likeness (QED) is 0.235. The summed E-state index contributed by atoms with van der Waals surface area (Å²) in [5.74, 6) is -2.54. The number of piperidine rings is 2. The van der Waals surface area contributed by atoms with Crippen molar-refractivity contribution < 1.29 is 122 Å². The number of carbonyl (C=O) groups excluding carboxylic acids is 2. The van der Waals surface area contributed by atoms with Gasteiger partial charge in [0.05, 0.1) is 11.8 Å². The fourth-order valence-corrected chi connectivity index (χ4v) is 2.61. The Hall–Kier alpha value is -1.01. The Bertz CT molecular complexity index is 709. The summed E-state index contributed by atoms with van der Waals surface area (Å²) in [4.78, 5) is 44.8. The topological polar surface area (TPSA) is 291 Å². The van der Waals surface area contributed by atoms with Crippen LogP contribution in [0.1, 0.15) is 46.5 Å². The van der Waals surface area contributed by atoms with Crippen LogP contribution in [0.5, 0.6) is 0 Å². The van der Waals surface area contributed by atoms with E-state index in [1.807, 2.05) is 0 Å². The zero-order valence-electron chi connectivity index (χ0n) is 20.2. The van der Waals surface area contributed by atoms with E-state index in [2.05, 4.69) is 5.32 Å². The van der Waals surface area contributed by atoms with Gasteiger partial charge in [0.1, 0.15) is 5.60 Å². The molecule has 19 heteroatoms. The molecule has 0 aliphatic carbocycles. The van der Waals surface area contributed by atoms with E-state index < -0.39 is 56.8 Å². The first-order valence-electron chi connectivity index (χ1n) is 9.60. The first-order chi connectivity index (χ1) is 15.4. The number of ether oxygens (including phenoxy) is 1. The minimum atomic E-state index is -4.94. The van der Waals surface area contributed by atoms with E-state index in [9.17, 15) is 19.2 Å². The van der Waals surface area contributed by atoms with Crippen LogP contribution in [0.2, 0.25) is 0 Å². The molecule has 2 aliphatic heterocycles. The minimum absolute atomic E-state index is 0. The van der Waals surface area contributed by atoms with Crippen LogP contribution in [0.3, 0.4) is 0 Å². The third-order valence-electron chi connectivity index (χ3n) is 4.04. The van der Waals surface area contributed by atoms with Gasteiger partial charge in [-0.3, -0.25) is 14.4 Å². The van der Waals surface area contributed by atoms with Crippen molar-refractivity contribution in [2.75, 3.05) is 19.6 Å². The van der Waals surface area contributed by atoms with Gasteiger partial charge in [-0.2, -0.15) is 0 Å². The van der Waals surface area contributed by atoms with Gasteiger partial charge in [-0.25, -0.2) is 23.4 Å². The van der Waals surface area contributed by atoms with Crippen molar-refractivity contribution in [2.24, 2.45) is 11.8 Å². The first-order valence-corrected chi connectivity index (χ1v) is 12.3. The number of carboxylic acids is 2. The second-order valence-corrected chi connectivity index (χ2v) is 8.96. The summed E-state index contributed by atoms with van der Waals surface area (Å²) in [6.07, 6.45) is 1.75. The number of carbonyl (C=O) groups is 4. The van der Waals surface area contributed by atoms with Gasteiger partial charge in [0.2, 0.25) is 5.91 Å². The van der Waals surface area contributed by atoms with Crippen LogP contribution in [0, 0.1) is 22.1 Å². The van der Waals surface area contributed by atoms with Crippen molar-refractivity contribution >= 4 is 23.9 Å². The average molecular weight is 646 g/mol. The molecule has 5 N–H and O–H groups in total. The molecule has 2 aliphatic rings. The number of carboxylic acid groups (broad SMARTS) is 2. The predicted molar refractivity (Wildman–Crippen MR) is 96.5 cm³/mol. The Balaban J connectivity index is -0.000000220. The molecule has 2 atom stereocenters. The summed E-state index contributed by atoms with van der Waals surface area (Å²) >= 11 is -1.79. The van der Waals surface area contributed by atoms with Gasteiger partial charge in [-0.1, -0.05) is 0 Å². The van der Waals surface area contributed by atoms with Gasteiger partial charge in [-0.05, 0) is 40.0 Å². The molecular formula is C17H30ClN2NaO14Ru. The predicted octanol–water partition coefficient (Wildman–Crippen LogP) is -7.50. The summed E-state index contributed by atoms with van der Waals surface area (Å²) in [5, 5.41) is 19.9. The van der Waals surface area contributed by atoms with E-state index in [0.29, 0.717) is 25.8 Å². The summed E-state index contributed by atoms with van der Waals surface area (Å²) < 4.78 is 56.1. The van der Waals surface area contributed by atoms with Crippen LogP contribution in [0.15, 0.2) is 0 Å². The number of hydrogen-bond donors (Lipinski definition) is 3. The molecule has 0 saturated carbocycles. The standard InChI is InChI=1S/C11H19NO4.C6H9NO3.ClHO4.Na.H2O.2O.Ru/c1-11(2,3)16-10(15)12-6-4-5-8(7-12)9(13)14;8-5-2-1-4(3-7-5)6(9)10;2-1(3,4)5;;;;;/h8H,4-7H2,1-3H3,(H,13,14);4H,1-3H2,(H,7,8)(H,9,10);(H,2,3,4,5);;1H2;;;/q;;;+1;;;;/p-1. The van der Waals surface area contributed by atoms with E-state index in [1.165, 1.54) is 4.90 Å². The van der Waals surface area contributed by atoms with Crippen LogP contribution >= 0.6 is 0 Å². The maximum atomic E-state index is 11.7. The Morgan fingerprint density at radius 1 is 1.06 bits per heavy atom. The third kappa shape index (κ3) is 26.1. The van der Waals surface area contributed by atoms with Crippen LogP contribution < -0.4 is 53.5 Å². The van der Waals surface area contributed by atoms with E-state index in [1.54, 1.807) is 20.8 Å². The summed E-state index contributed by atoms with van der Waals surface area (Å²) in [6.45, 7) is 6.51.